The van der Waals surface area contributed by atoms with E-state index >= 15 is 0 Å². The Morgan fingerprint density at radius 3 is 2.73 bits per heavy atom. The summed E-state index contributed by atoms with van der Waals surface area (Å²) in [5.74, 6) is 0.712. The number of aromatic nitrogens is 2. The average molecular weight is 403 g/mol. The molecule has 1 aromatic carbocycles. The fourth-order valence-corrected chi connectivity index (χ4v) is 3.82. The fraction of sp³-hybridized carbons (Fsp3) is 0.375. The van der Waals surface area contributed by atoms with Gasteiger partial charge in [-0.25, -0.2) is 0 Å². The number of piperidine rings is 1. The van der Waals surface area contributed by atoms with Crippen molar-refractivity contribution in [3.05, 3.63) is 63.3 Å². The highest BCUT2D eigenvalue weighted by atomic mass is 15.2. The summed E-state index contributed by atoms with van der Waals surface area (Å²) < 4.78 is 0. The quantitative estimate of drug-likeness (QED) is 0.685. The minimum Gasteiger partial charge on any atom is -0.383 e. The van der Waals surface area contributed by atoms with Crippen molar-refractivity contribution >= 4 is 18.0 Å². The van der Waals surface area contributed by atoms with Crippen molar-refractivity contribution in [3.8, 4) is 6.07 Å². The first-order chi connectivity index (χ1) is 14.5. The monoisotopic (exact) mass is 402 g/mol. The van der Waals surface area contributed by atoms with Crippen molar-refractivity contribution < 1.29 is 0 Å². The largest absolute Gasteiger partial charge is 0.383 e. The molecule has 30 heavy (non-hydrogen) atoms. The molecule has 0 spiro atoms. The van der Waals surface area contributed by atoms with Crippen LogP contribution >= 0.6 is 0 Å². The average Bonchev–Trinajstić information content (AvgIpc) is 2.75. The van der Waals surface area contributed by atoms with Crippen LogP contribution < -0.4 is 26.4 Å². The van der Waals surface area contributed by atoms with Crippen LogP contribution in [0.4, 0.5) is 5.82 Å². The molecule has 156 valence electrons. The Hall–Kier alpha value is -3.17. The molecule has 3 rings (SSSR count). The molecule has 1 saturated heterocycles. The number of anilines is 1. The summed E-state index contributed by atoms with van der Waals surface area (Å²) in [4.78, 5) is 0. The van der Waals surface area contributed by atoms with Crippen LogP contribution in [-0.4, -0.2) is 29.3 Å². The number of allylic oxidation sites excluding steroid dienone is 1. The molecular weight excluding hydrogens is 372 g/mol. The van der Waals surface area contributed by atoms with Gasteiger partial charge in [0.05, 0.1) is 17.3 Å². The van der Waals surface area contributed by atoms with Crippen molar-refractivity contribution in [1.82, 2.24) is 20.8 Å². The predicted molar refractivity (Wildman–Crippen MR) is 122 cm³/mol. The maximum absolute atomic E-state index is 9.28. The summed E-state index contributed by atoms with van der Waals surface area (Å²) in [6.07, 6.45) is 6.29. The lowest BCUT2D eigenvalue weighted by molar-refractivity contribution is 0.416. The van der Waals surface area contributed by atoms with Crippen molar-refractivity contribution in [1.29, 1.82) is 5.26 Å². The van der Waals surface area contributed by atoms with E-state index in [0.29, 0.717) is 24.0 Å². The minimum atomic E-state index is 0.438. The lowest BCUT2D eigenvalue weighted by Gasteiger charge is -2.24. The third-order valence-corrected chi connectivity index (χ3v) is 5.58. The van der Waals surface area contributed by atoms with Gasteiger partial charge in [-0.05, 0) is 70.0 Å². The Morgan fingerprint density at radius 1 is 1.27 bits per heavy atom. The van der Waals surface area contributed by atoms with Gasteiger partial charge in [0.15, 0.2) is 5.82 Å². The van der Waals surface area contributed by atoms with Crippen LogP contribution in [0.15, 0.2) is 30.5 Å². The SMILES string of the molecule is C=C(/C=c1/c(NCc2cccc(C#N)c2C)nnc(C)/c1=C/C)NC1CCNCC1. The Kier molecular flexibility index (Phi) is 7.21. The first kappa shape index (κ1) is 21.5. The van der Waals surface area contributed by atoms with E-state index in [-0.39, 0.29) is 0 Å². The van der Waals surface area contributed by atoms with Gasteiger partial charge in [-0.2, -0.15) is 10.4 Å². The van der Waals surface area contributed by atoms with Gasteiger partial charge in [-0.3, -0.25) is 0 Å². The standard InChI is InChI=1S/C24H30N6/c1-5-22-18(4)29-30-24(27-15-20-8-6-7-19(14-25)17(20)3)23(22)13-16(2)28-21-9-11-26-12-10-21/h5-8,13,21,26,28H,2,9-12,15H2,1,3-4H3,(H,27,30)/b22-5-,23-13+. The molecule has 0 radical (unpaired) electrons. The highest BCUT2D eigenvalue weighted by molar-refractivity contribution is 5.54. The van der Waals surface area contributed by atoms with Gasteiger partial charge in [0.25, 0.3) is 0 Å². The Bertz CT molecular complexity index is 1070. The normalized spacial score (nSPS) is 15.7. The van der Waals surface area contributed by atoms with E-state index in [0.717, 1.165) is 58.9 Å². The molecule has 3 N–H and O–H groups in total. The van der Waals surface area contributed by atoms with Crippen LogP contribution in [0.3, 0.4) is 0 Å². The first-order valence-corrected chi connectivity index (χ1v) is 10.4. The van der Waals surface area contributed by atoms with Crippen molar-refractivity contribution in [2.24, 2.45) is 0 Å². The lowest BCUT2D eigenvalue weighted by Crippen LogP contribution is -2.40. The summed E-state index contributed by atoms with van der Waals surface area (Å²) in [7, 11) is 0. The zero-order chi connectivity index (χ0) is 21.5. The first-order valence-electron chi connectivity index (χ1n) is 10.4. The Balaban J connectivity index is 1.90. The van der Waals surface area contributed by atoms with Gasteiger partial charge >= 0.3 is 0 Å². The van der Waals surface area contributed by atoms with Gasteiger partial charge in [0.1, 0.15) is 0 Å². The summed E-state index contributed by atoms with van der Waals surface area (Å²) in [5.41, 5.74) is 4.50. The number of hydrogen-bond acceptors (Lipinski definition) is 6. The van der Waals surface area contributed by atoms with Crippen LogP contribution in [0.1, 0.15) is 42.1 Å². The molecule has 1 aliphatic heterocycles. The molecule has 1 fully saturated rings. The van der Waals surface area contributed by atoms with E-state index in [1.165, 1.54) is 0 Å². The van der Waals surface area contributed by atoms with Gasteiger partial charge in [-0.15, -0.1) is 5.10 Å². The fourth-order valence-electron chi connectivity index (χ4n) is 3.82. The molecule has 6 heteroatoms. The predicted octanol–water partition coefficient (Wildman–Crippen LogP) is 2.01. The highest BCUT2D eigenvalue weighted by Gasteiger charge is 2.12. The summed E-state index contributed by atoms with van der Waals surface area (Å²) in [5, 5.41) is 30.4. The van der Waals surface area contributed by atoms with Crippen molar-refractivity contribution in [2.45, 2.75) is 46.2 Å². The van der Waals surface area contributed by atoms with Crippen molar-refractivity contribution in [2.75, 3.05) is 18.4 Å². The molecule has 0 atom stereocenters. The van der Waals surface area contributed by atoms with E-state index in [1.54, 1.807) is 0 Å². The molecule has 1 aromatic heterocycles. The van der Waals surface area contributed by atoms with Gasteiger partial charge in [-0.1, -0.05) is 24.8 Å². The van der Waals surface area contributed by atoms with Gasteiger partial charge in [0.2, 0.25) is 0 Å². The molecule has 2 aromatic rings. The number of rotatable bonds is 6. The number of nitriles is 1. The lowest BCUT2D eigenvalue weighted by atomic mass is 10.0. The summed E-state index contributed by atoms with van der Waals surface area (Å²) in [6.45, 7) is 12.8. The number of hydrogen-bond donors (Lipinski definition) is 3. The van der Waals surface area contributed by atoms with Crippen LogP contribution in [0.5, 0.6) is 0 Å². The summed E-state index contributed by atoms with van der Waals surface area (Å²) >= 11 is 0. The zero-order valence-corrected chi connectivity index (χ0v) is 18.0. The van der Waals surface area contributed by atoms with Crippen LogP contribution in [-0.2, 0) is 6.54 Å². The third kappa shape index (κ3) is 5.05. The number of aryl methyl sites for hydroxylation is 1. The maximum Gasteiger partial charge on any atom is 0.156 e. The molecule has 0 unspecified atom stereocenters. The second-order valence-corrected chi connectivity index (χ2v) is 7.64. The van der Waals surface area contributed by atoms with E-state index in [4.69, 9.17) is 0 Å². The zero-order valence-electron chi connectivity index (χ0n) is 18.0. The molecule has 0 bridgehead atoms. The van der Waals surface area contributed by atoms with E-state index in [1.807, 2.05) is 39.0 Å². The van der Waals surface area contributed by atoms with Gasteiger partial charge in [0, 0.05) is 28.7 Å². The van der Waals surface area contributed by atoms with E-state index in [9.17, 15) is 5.26 Å². The summed E-state index contributed by atoms with van der Waals surface area (Å²) in [6, 6.07) is 8.46. The van der Waals surface area contributed by atoms with Crippen molar-refractivity contribution in [3.63, 3.8) is 0 Å². The van der Waals surface area contributed by atoms with Crippen LogP contribution in [0.2, 0.25) is 0 Å². The minimum absolute atomic E-state index is 0.438. The second kappa shape index (κ2) is 10.0. The van der Waals surface area contributed by atoms with E-state index in [2.05, 4.69) is 50.9 Å². The van der Waals surface area contributed by atoms with Crippen LogP contribution in [0.25, 0.3) is 12.2 Å². The number of nitrogens with zero attached hydrogens (tertiary/aromatic N) is 3. The highest BCUT2D eigenvalue weighted by Crippen LogP contribution is 2.13. The number of benzene rings is 1. The maximum atomic E-state index is 9.28. The molecule has 0 amide bonds. The second-order valence-electron chi connectivity index (χ2n) is 7.64. The van der Waals surface area contributed by atoms with Gasteiger partial charge < -0.3 is 16.0 Å². The van der Waals surface area contributed by atoms with E-state index < -0.39 is 0 Å². The Labute approximate surface area is 178 Å². The third-order valence-electron chi connectivity index (χ3n) is 5.58. The smallest absolute Gasteiger partial charge is 0.156 e. The molecular formula is C24H30N6. The molecule has 0 saturated carbocycles. The molecule has 6 nitrogen and oxygen atoms in total. The topological polar surface area (TPSA) is 85.7 Å². The number of nitrogens with one attached hydrogen (secondary N) is 3. The molecule has 0 aliphatic carbocycles. The van der Waals surface area contributed by atoms with Crippen LogP contribution in [0, 0.1) is 25.2 Å². The molecule has 2 heterocycles. The Morgan fingerprint density at radius 2 is 2.03 bits per heavy atom. The molecule has 1 aliphatic rings.